The van der Waals surface area contributed by atoms with Crippen LogP contribution in [0.3, 0.4) is 0 Å². The minimum Gasteiger partial charge on any atom is -0.308 e. The Labute approximate surface area is 50.8 Å². The van der Waals surface area contributed by atoms with Crippen molar-refractivity contribution in [1.29, 1.82) is 0 Å². The van der Waals surface area contributed by atoms with E-state index in [0.717, 1.165) is 6.54 Å². The topological polar surface area (TPSA) is 12.0 Å². The van der Waals surface area contributed by atoms with Crippen molar-refractivity contribution in [2.75, 3.05) is 6.54 Å². The van der Waals surface area contributed by atoms with Crippen LogP contribution in [0.15, 0.2) is 12.2 Å². The van der Waals surface area contributed by atoms with Crippen LogP contribution < -0.4 is 5.32 Å². The molecule has 0 radical (unpaired) electrons. The van der Waals surface area contributed by atoms with Gasteiger partial charge < -0.3 is 5.32 Å². The molecule has 0 amide bonds. The van der Waals surface area contributed by atoms with Gasteiger partial charge in [-0.1, -0.05) is 12.2 Å². The second kappa shape index (κ2) is 1.59. The minimum absolute atomic E-state index is 0.278. The van der Waals surface area contributed by atoms with E-state index in [9.17, 15) is 0 Å². The molecule has 1 nitrogen and oxygen atoms in total. The molecule has 1 atom stereocenters. The fraction of sp³-hybridized carbons (Fsp3) is 0.714. The van der Waals surface area contributed by atoms with Gasteiger partial charge in [0.05, 0.1) is 0 Å². The van der Waals surface area contributed by atoms with E-state index in [2.05, 4.69) is 25.7 Å². The quantitative estimate of drug-likeness (QED) is 0.503. The molecule has 0 saturated carbocycles. The molecule has 0 aromatic carbocycles. The van der Waals surface area contributed by atoms with Gasteiger partial charge in [0.1, 0.15) is 0 Å². The van der Waals surface area contributed by atoms with Gasteiger partial charge in [-0.3, -0.25) is 0 Å². The lowest BCUT2D eigenvalue weighted by Gasteiger charge is -2.40. The molecule has 0 aromatic heterocycles. The molecule has 1 aliphatic rings. The lowest BCUT2D eigenvalue weighted by molar-refractivity contribution is 0.282. The minimum atomic E-state index is 0.278. The molecule has 0 bridgehead atoms. The first-order valence-corrected chi connectivity index (χ1v) is 3.06. The SMILES string of the molecule is C=C(C)C1(C)CCN1. The molecule has 1 N–H and O–H groups in total. The monoisotopic (exact) mass is 111 g/mol. The van der Waals surface area contributed by atoms with Crippen LogP contribution in [0.25, 0.3) is 0 Å². The van der Waals surface area contributed by atoms with Crippen molar-refractivity contribution in [3.8, 4) is 0 Å². The Morgan fingerprint density at radius 2 is 2.25 bits per heavy atom. The molecule has 1 aliphatic heterocycles. The summed E-state index contributed by atoms with van der Waals surface area (Å²) in [7, 11) is 0. The highest BCUT2D eigenvalue weighted by Gasteiger charge is 2.30. The molecule has 46 valence electrons. The first-order valence-electron chi connectivity index (χ1n) is 3.06. The van der Waals surface area contributed by atoms with Gasteiger partial charge in [0.2, 0.25) is 0 Å². The van der Waals surface area contributed by atoms with Crippen molar-refractivity contribution < 1.29 is 0 Å². The summed E-state index contributed by atoms with van der Waals surface area (Å²) in [4.78, 5) is 0. The van der Waals surface area contributed by atoms with Gasteiger partial charge in [-0.05, 0) is 26.8 Å². The van der Waals surface area contributed by atoms with Crippen molar-refractivity contribution in [3.05, 3.63) is 12.2 Å². The number of hydrogen-bond acceptors (Lipinski definition) is 1. The Balaban J connectivity index is 2.53. The van der Waals surface area contributed by atoms with Crippen LogP contribution in [0.4, 0.5) is 0 Å². The smallest absolute Gasteiger partial charge is 0.0372 e. The van der Waals surface area contributed by atoms with E-state index in [-0.39, 0.29) is 5.54 Å². The largest absolute Gasteiger partial charge is 0.308 e. The average molecular weight is 111 g/mol. The highest BCUT2D eigenvalue weighted by molar-refractivity contribution is 5.16. The average Bonchev–Trinajstić information content (AvgIpc) is 1.60. The molecule has 0 aromatic rings. The molecular formula is C7H13N. The number of rotatable bonds is 1. The van der Waals surface area contributed by atoms with Gasteiger partial charge in [-0.2, -0.15) is 0 Å². The fourth-order valence-electron chi connectivity index (χ4n) is 0.864. The van der Waals surface area contributed by atoms with Gasteiger partial charge in [-0.25, -0.2) is 0 Å². The lowest BCUT2D eigenvalue weighted by atomic mass is 9.84. The maximum Gasteiger partial charge on any atom is 0.0372 e. The predicted molar refractivity (Wildman–Crippen MR) is 35.8 cm³/mol. The van der Waals surface area contributed by atoms with Crippen LogP contribution >= 0.6 is 0 Å². The molecular weight excluding hydrogens is 98.1 g/mol. The van der Waals surface area contributed by atoms with Gasteiger partial charge in [-0.15, -0.1) is 0 Å². The summed E-state index contributed by atoms with van der Waals surface area (Å²) in [6.45, 7) is 9.31. The van der Waals surface area contributed by atoms with E-state index in [4.69, 9.17) is 0 Å². The first kappa shape index (κ1) is 5.83. The van der Waals surface area contributed by atoms with E-state index in [1.807, 2.05) is 0 Å². The van der Waals surface area contributed by atoms with E-state index in [0.29, 0.717) is 0 Å². The normalized spacial score (nSPS) is 36.2. The maximum atomic E-state index is 3.89. The molecule has 0 aliphatic carbocycles. The molecule has 1 rings (SSSR count). The van der Waals surface area contributed by atoms with Crippen LogP contribution in [-0.2, 0) is 0 Å². The number of hydrogen-bond donors (Lipinski definition) is 1. The van der Waals surface area contributed by atoms with Crippen molar-refractivity contribution >= 4 is 0 Å². The van der Waals surface area contributed by atoms with Gasteiger partial charge in [0.25, 0.3) is 0 Å². The summed E-state index contributed by atoms with van der Waals surface area (Å²) >= 11 is 0. The summed E-state index contributed by atoms with van der Waals surface area (Å²) in [5.74, 6) is 0. The third-order valence-corrected chi connectivity index (χ3v) is 2.08. The highest BCUT2D eigenvalue weighted by atomic mass is 15.0. The highest BCUT2D eigenvalue weighted by Crippen LogP contribution is 2.24. The summed E-state index contributed by atoms with van der Waals surface area (Å²) in [6, 6.07) is 0. The van der Waals surface area contributed by atoms with Crippen LogP contribution in [-0.4, -0.2) is 12.1 Å². The van der Waals surface area contributed by atoms with E-state index < -0.39 is 0 Å². The standard InChI is InChI=1S/C7H13N/c1-6(2)7(3)4-5-8-7/h8H,1,4-5H2,2-3H3. The third-order valence-electron chi connectivity index (χ3n) is 2.08. The van der Waals surface area contributed by atoms with Crippen molar-refractivity contribution in [3.63, 3.8) is 0 Å². The van der Waals surface area contributed by atoms with Crippen LogP contribution in [0.1, 0.15) is 20.3 Å². The van der Waals surface area contributed by atoms with E-state index in [1.165, 1.54) is 12.0 Å². The summed E-state index contributed by atoms with van der Waals surface area (Å²) in [6.07, 6.45) is 1.25. The second-order valence-electron chi connectivity index (χ2n) is 2.79. The Kier molecular flexibility index (Phi) is 1.16. The number of nitrogens with one attached hydrogen (secondary N) is 1. The van der Waals surface area contributed by atoms with Gasteiger partial charge >= 0.3 is 0 Å². The molecule has 1 saturated heterocycles. The van der Waals surface area contributed by atoms with Gasteiger partial charge in [0, 0.05) is 5.54 Å². The lowest BCUT2D eigenvalue weighted by Crippen LogP contribution is -2.55. The molecule has 8 heavy (non-hydrogen) atoms. The van der Waals surface area contributed by atoms with Crippen LogP contribution in [0.5, 0.6) is 0 Å². The predicted octanol–water partition coefficient (Wildman–Crippen LogP) is 1.31. The first-order chi connectivity index (χ1) is 3.65. The summed E-state index contributed by atoms with van der Waals surface area (Å²) < 4.78 is 0. The third kappa shape index (κ3) is 0.671. The Morgan fingerprint density at radius 3 is 2.25 bits per heavy atom. The van der Waals surface area contributed by atoms with Crippen molar-refractivity contribution in [2.24, 2.45) is 0 Å². The van der Waals surface area contributed by atoms with Crippen LogP contribution in [0, 0.1) is 0 Å². The van der Waals surface area contributed by atoms with Crippen molar-refractivity contribution in [1.82, 2.24) is 5.32 Å². The van der Waals surface area contributed by atoms with Crippen LogP contribution in [0.2, 0.25) is 0 Å². The zero-order valence-electron chi connectivity index (χ0n) is 5.62. The molecule has 0 spiro atoms. The Bertz CT molecular complexity index is 112. The zero-order valence-corrected chi connectivity index (χ0v) is 5.62. The Morgan fingerprint density at radius 1 is 1.75 bits per heavy atom. The summed E-state index contributed by atoms with van der Waals surface area (Å²) in [5.41, 5.74) is 1.53. The van der Waals surface area contributed by atoms with E-state index >= 15 is 0 Å². The van der Waals surface area contributed by atoms with Crippen molar-refractivity contribution in [2.45, 2.75) is 25.8 Å². The molecule has 1 heterocycles. The summed E-state index contributed by atoms with van der Waals surface area (Å²) in [5, 5.41) is 3.32. The Hall–Kier alpha value is -0.300. The van der Waals surface area contributed by atoms with E-state index in [1.54, 1.807) is 0 Å². The van der Waals surface area contributed by atoms with Gasteiger partial charge in [0.15, 0.2) is 0 Å². The maximum absolute atomic E-state index is 3.89. The molecule has 1 heteroatoms. The molecule has 1 unspecified atom stereocenters. The molecule has 1 fully saturated rings. The fourth-order valence-corrected chi connectivity index (χ4v) is 0.864. The zero-order chi connectivity index (χ0) is 6.20. The second-order valence-corrected chi connectivity index (χ2v) is 2.79.